The van der Waals surface area contributed by atoms with E-state index in [2.05, 4.69) is 27.7 Å². The van der Waals surface area contributed by atoms with Crippen molar-refractivity contribution in [3.05, 3.63) is 94.0 Å². The number of aliphatic carboxylic acids is 1. The predicted octanol–water partition coefficient (Wildman–Crippen LogP) is 5.12. The summed E-state index contributed by atoms with van der Waals surface area (Å²) in [6.45, 7) is 4.25. The summed E-state index contributed by atoms with van der Waals surface area (Å²) in [5.41, 5.74) is 6.46. The molecular formula is C29H28ClN3O4. The first-order valence-electron chi connectivity index (χ1n) is 12.3. The number of fused-ring (bicyclic) bond motifs is 1. The number of halogens is 1. The van der Waals surface area contributed by atoms with Gasteiger partial charge in [0.1, 0.15) is 0 Å². The molecule has 0 bridgehead atoms. The molecule has 7 nitrogen and oxygen atoms in total. The van der Waals surface area contributed by atoms with E-state index in [-0.39, 0.29) is 12.3 Å². The summed E-state index contributed by atoms with van der Waals surface area (Å²) >= 11 is 6.16. The molecule has 0 aromatic heterocycles. The first kappa shape index (κ1) is 25.0. The van der Waals surface area contributed by atoms with Crippen LogP contribution in [0.1, 0.15) is 28.7 Å². The Balaban J connectivity index is 1.46. The molecule has 8 heteroatoms. The number of carboxylic acids is 1. The number of morpholine rings is 1. The van der Waals surface area contributed by atoms with Gasteiger partial charge in [-0.15, -0.1) is 0 Å². The number of ether oxygens (including phenoxy) is 1. The molecule has 3 aromatic carbocycles. The lowest BCUT2D eigenvalue weighted by Crippen LogP contribution is -2.35. The maximum atomic E-state index is 13.1. The first-order valence-corrected chi connectivity index (χ1v) is 12.7. The standard InChI is InChI=1S/C29H28ClN3O4/c30-22-8-11-24-25(17-22)32-29(36)27(24)28(21-6-1-19(2-7-21)5-12-26(34)35)31-23-9-3-20(4-10-23)18-33-13-15-37-16-14-33/h1-4,6-11,17,31H,5,12-16,18H2,(H,32,36)(H,34,35)/b28-27-. The van der Waals surface area contributed by atoms with Gasteiger partial charge in [-0.2, -0.15) is 0 Å². The van der Waals surface area contributed by atoms with Crippen molar-refractivity contribution in [2.24, 2.45) is 0 Å². The second-order valence-electron chi connectivity index (χ2n) is 9.20. The minimum Gasteiger partial charge on any atom is -0.481 e. The first-order chi connectivity index (χ1) is 18.0. The van der Waals surface area contributed by atoms with Gasteiger partial charge in [0.25, 0.3) is 5.91 Å². The Morgan fingerprint density at radius 1 is 1.00 bits per heavy atom. The highest BCUT2D eigenvalue weighted by molar-refractivity contribution is 6.38. The van der Waals surface area contributed by atoms with Crippen LogP contribution in [0.25, 0.3) is 11.3 Å². The average molecular weight is 518 g/mol. The number of carbonyl (C=O) groups excluding carboxylic acids is 1. The Labute approximate surface area is 220 Å². The fraction of sp³-hybridized carbons (Fsp3) is 0.241. The summed E-state index contributed by atoms with van der Waals surface area (Å²) in [5, 5.41) is 16.0. The van der Waals surface area contributed by atoms with Crippen LogP contribution >= 0.6 is 11.6 Å². The van der Waals surface area contributed by atoms with E-state index in [9.17, 15) is 9.59 Å². The molecule has 1 saturated heterocycles. The van der Waals surface area contributed by atoms with Gasteiger partial charge in [0, 0.05) is 42.3 Å². The number of anilines is 2. The Hall–Kier alpha value is -3.65. The number of aryl methyl sites for hydroxylation is 1. The molecule has 0 radical (unpaired) electrons. The highest BCUT2D eigenvalue weighted by Crippen LogP contribution is 2.38. The van der Waals surface area contributed by atoms with Gasteiger partial charge in [-0.05, 0) is 47.4 Å². The molecule has 2 aliphatic heterocycles. The summed E-state index contributed by atoms with van der Waals surface area (Å²) in [4.78, 5) is 26.5. The number of amides is 1. The van der Waals surface area contributed by atoms with Crippen LogP contribution < -0.4 is 10.6 Å². The number of carbonyl (C=O) groups is 2. The van der Waals surface area contributed by atoms with E-state index in [0.29, 0.717) is 28.4 Å². The van der Waals surface area contributed by atoms with Gasteiger partial charge >= 0.3 is 5.97 Å². The molecule has 1 amide bonds. The van der Waals surface area contributed by atoms with Crippen molar-refractivity contribution in [2.45, 2.75) is 19.4 Å². The lowest BCUT2D eigenvalue weighted by atomic mass is 9.98. The maximum Gasteiger partial charge on any atom is 0.303 e. The zero-order valence-electron chi connectivity index (χ0n) is 20.3. The molecule has 1 fully saturated rings. The van der Waals surface area contributed by atoms with E-state index in [0.717, 1.165) is 55.2 Å². The Morgan fingerprint density at radius 3 is 2.41 bits per heavy atom. The van der Waals surface area contributed by atoms with Crippen LogP contribution in [0.3, 0.4) is 0 Å². The predicted molar refractivity (Wildman–Crippen MR) is 145 cm³/mol. The van der Waals surface area contributed by atoms with Crippen molar-refractivity contribution in [1.29, 1.82) is 0 Å². The normalized spacial score (nSPS) is 16.7. The van der Waals surface area contributed by atoms with Crippen LogP contribution in [-0.2, 0) is 27.3 Å². The summed E-state index contributed by atoms with van der Waals surface area (Å²) in [7, 11) is 0. The highest BCUT2D eigenvalue weighted by Gasteiger charge is 2.28. The van der Waals surface area contributed by atoms with Crippen molar-refractivity contribution >= 4 is 46.1 Å². The maximum absolute atomic E-state index is 13.1. The molecule has 0 atom stereocenters. The Morgan fingerprint density at radius 2 is 1.70 bits per heavy atom. The van der Waals surface area contributed by atoms with Crippen molar-refractivity contribution in [3.8, 4) is 0 Å². The smallest absolute Gasteiger partial charge is 0.303 e. The highest BCUT2D eigenvalue weighted by atomic mass is 35.5. The van der Waals surface area contributed by atoms with Gasteiger partial charge in [0.2, 0.25) is 0 Å². The van der Waals surface area contributed by atoms with Crippen LogP contribution in [0.4, 0.5) is 11.4 Å². The Kier molecular flexibility index (Phi) is 7.55. The average Bonchev–Trinajstić information content (AvgIpc) is 3.22. The van der Waals surface area contributed by atoms with Crippen molar-refractivity contribution in [1.82, 2.24) is 4.90 Å². The lowest BCUT2D eigenvalue weighted by molar-refractivity contribution is -0.137. The van der Waals surface area contributed by atoms with E-state index >= 15 is 0 Å². The topological polar surface area (TPSA) is 90.9 Å². The van der Waals surface area contributed by atoms with Crippen molar-refractivity contribution in [2.75, 3.05) is 36.9 Å². The van der Waals surface area contributed by atoms with Gasteiger partial charge < -0.3 is 20.5 Å². The minimum absolute atomic E-state index is 0.0683. The molecule has 5 rings (SSSR count). The van der Waals surface area contributed by atoms with Crippen LogP contribution in [0, 0.1) is 0 Å². The van der Waals surface area contributed by atoms with Crippen molar-refractivity contribution in [3.63, 3.8) is 0 Å². The van der Waals surface area contributed by atoms with Crippen LogP contribution in [0.5, 0.6) is 0 Å². The molecule has 0 saturated carbocycles. The fourth-order valence-corrected chi connectivity index (χ4v) is 4.79. The third-order valence-electron chi connectivity index (χ3n) is 6.58. The zero-order chi connectivity index (χ0) is 25.8. The van der Waals surface area contributed by atoms with Gasteiger partial charge in [0.15, 0.2) is 0 Å². The Bertz CT molecular complexity index is 1330. The van der Waals surface area contributed by atoms with Gasteiger partial charge in [-0.3, -0.25) is 14.5 Å². The molecular weight excluding hydrogens is 490 g/mol. The van der Waals surface area contributed by atoms with E-state index in [1.165, 1.54) is 5.56 Å². The fourth-order valence-electron chi connectivity index (χ4n) is 4.62. The number of rotatable bonds is 8. The van der Waals surface area contributed by atoms with Gasteiger partial charge in [0.05, 0.1) is 30.2 Å². The molecule has 3 aromatic rings. The summed E-state index contributed by atoms with van der Waals surface area (Å²) < 4.78 is 5.44. The SMILES string of the molecule is O=C(O)CCc1ccc(/C(Nc2ccc(CN3CCOCC3)cc2)=C2/C(=O)Nc3cc(Cl)ccc32)cc1. The van der Waals surface area contributed by atoms with Crippen LogP contribution in [0.15, 0.2) is 66.7 Å². The molecule has 0 aliphatic carbocycles. The number of nitrogens with one attached hydrogen (secondary N) is 2. The monoisotopic (exact) mass is 517 g/mol. The molecule has 2 aliphatic rings. The van der Waals surface area contributed by atoms with E-state index in [4.69, 9.17) is 21.4 Å². The summed E-state index contributed by atoms with van der Waals surface area (Å²) in [6.07, 6.45) is 0.514. The van der Waals surface area contributed by atoms with Crippen LogP contribution in [-0.4, -0.2) is 48.2 Å². The van der Waals surface area contributed by atoms with Crippen LogP contribution in [0.2, 0.25) is 5.02 Å². The molecule has 0 spiro atoms. The number of benzene rings is 3. The number of hydrogen-bond acceptors (Lipinski definition) is 5. The lowest BCUT2D eigenvalue weighted by Gasteiger charge is -2.26. The van der Waals surface area contributed by atoms with Gasteiger partial charge in [-0.25, -0.2) is 0 Å². The minimum atomic E-state index is -0.830. The third-order valence-corrected chi connectivity index (χ3v) is 6.81. The number of nitrogens with zero attached hydrogens (tertiary/aromatic N) is 1. The largest absolute Gasteiger partial charge is 0.481 e. The molecule has 190 valence electrons. The van der Waals surface area contributed by atoms with Gasteiger partial charge in [-0.1, -0.05) is 54.1 Å². The molecule has 37 heavy (non-hydrogen) atoms. The summed E-state index contributed by atoms with van der Waals surface area (Å²) in [5.74, 6) is -1.04. The third kappa shape index (κ3) is 6.02. The van der Waals surface area contributed by atoms with E-state index < -0.39 is 5.97 Å². The quantitative estimate of drug-likeness (QED) is 0.359. The number of hydrogen-bond donors (Lipinski definition) is 3. The molecule has 3 N–H and O–H groups in total. The second-order valence-corrected chi connectivity index (χ2v) is 9.63. The van der Waals surface area contributed by atoms with Crippen molar-refractivity contribution < 1.29 is 19.4 Å². The number of carboxylic acid groups (broad SMARTS) is 1. The summed E-state index contributed by atoms with van der Waals surface area (Å²) in [6, 6.07) is 21.2. The van der Waals surface area contributed by atoms with E-state index in [1.54, 1.807) is 12.1 Å². The second kappa shape index (κ2) is 11.2. The molecule has 2 heterocycles. The molecule has 0 unspecified atom stereocenters. The van der Waals surface area contributed by atoms with E-state index in [1.807, 2.05) is 42.5 Å². The zero-order valence-corrected chi connectivity index (χ0v) is 21.1.